The molecule has 2 heterocycles. The number of halogens is 1. The molecule has 1 unspecified atom stereocenters. The predicted octanol–water partition coefficient (Wildman–Crippen LogP) is 2.57. The number of benzene rings is 1. The zero-order valence-electron chi connectivity index (χ0n) is 11.2. The van der Waals surface area contributed by atoms with Crippen LogP contribution in [0, 0.1) is 0 Å². The first-order valence-corrected chi connectivity index (χ1v) is 7.82. The molecule has 2 saturated heterocycles. The molecule has 3 rings (SSSR count). The van der Waals surface area contributed by atoms with Gasteiger partial charge >= 0.3 is 0 Å². The lowest BCUT2D eigenvalue weighted by Crippen LogP contribution is -2.44. The second-order valence-corrected chi connectivity index (χ2v) is 6.28. The molecule has 0 N–H and O–H groups in total. The number of amides is 2. The number of hydrogen-bond donors (Lipinski definition) is 0. The van der Waals surface area contributed by atoms with Gasteiger partial charge in [0.2, 0.25) is 5.91 Å². The highest BCUT2D eigenvalue weighted by Gasteiger charge is 2.42. The van der Waals surface area contributed by atoms with Crippen molar-refractivity contribution in [3.63, 3.8) is 0 Å². The molecule has 0 radical (unpaired) electrons. The summed E-state index contributed by atoms with van der Waals surface area (Å²) >= 11 is 3.38. The average Bonchev–Trinajstić information content (AvgIpc) is 2.75. The quantitative estimate of drug-likeness (QED) is 0.779. The van der Waals surface area contributed by atoms with Crippen LogP contribution in [0.25, 0.3) is 0 Å². The van der Waals surface area contributed by atoms with E-state index in [0.29, 0.717) is 12.1 Å². The van der Waals surface area contributed by atoms with Crippen molar-refractivity contribution in [1.29, 1.82) is 0 Å². The zero-order valence-corrected chi connectivity index (χ0v) is 12.8. The number of anilines is 1. The minimum Gasteiger partial charge on any atom is -0.292 e. The highest BCUT2D eigenvalue weighted by molar-refractivity contribution is 9.10. The average molecular weight is 337 g/mol. The molecule has 4 nitrogen and oxygen atoms in total. The molecule has 5 heteroatoms. The Morgan fingerprint density at radius 2 is 1.85 bits per heavy atom. The second kappa shape index (κ2) is 5.66. The molecule has 1 aromatic rings. The van der Waals surface area contributed by atoms with E-state index in [9.17, 15) is 9.59 Å². The lowest BCUT2D eigenvalue weighted by Gasteiger charge is -2.30. The van der Waals surface area contributed by atoms with E-state index in [-0.39, 0.29) is 17.9 Å². The van der Waals surface area contributed by atoms with Crippen molar-refractivity contribution in [2.75, 3.05) is 18.0 Å². The minimum absolute atomic E-state index is 0.0741. The van der Waals surface area contributed by atoms with Crippen molar-refractivity contribution in [3.8, 4) is 0 Å². The second-order valence-electron chi connectivity index (χ2n) is 5.36. The summed E-state index contributed by atoms with van der Waals surface area (Å²) in [6.45, 7) is 1.85. The largest absolute Gasteiger partial charge is 0.292 e. The van der Waals surface area contributed by atoms with E-state index in [0.717, 1.165) is 30.4 Å². The van der Waals surface area contributed by atoms with E-state index in [1.54, 1.807) is 6.07 Å². The number of imide groups is 1. The van der Waals surface area contributed by atoms with Gasteiger partial charge in [0, 0.05) is 4.47 Å². The standard InChI is InChI=1S/C15H17BrN2O2/c16-11-5-4-6-12(9-11)18-14(19)10-13(15(18)20)17-7-2-1-3-8-17/h4-6,9,13H,1-3,7-8,10H2. The Hall–Kier alpha value is -1.20. The Bertz CT molecular complexity index is 540. The fraction of sp³-hybridized carbons (Fsp3) is 0.467. The summed E-state index contributed by atoms with van der Waals surface area (Å²) in [5.41, 5.74) is 0.661. The Labute approximate surface area is 126 Å². The molecular weight excluding hydrogens is 320 g/mol. The van der Waals surface area contributed by atoms with E-state index >= 15 is 0 Å². The van der Waals surface area contributed by atoms with Crippen LogP contribution in [-0.2, 0) is 9.59 Å². The van der Waals surface area contributed by atoms with Crippen LogP contribution in [0.1, 0.15) is 25.7 Å². The van der Waals surface area contributed by atoms with Crippen LogP contribution in [0.3, 0.4) is 0 Å². The van der Waals surface area contributed by atoms with Crippen molar-refractivity contribution in [2.45, 2.75) is 31.7 Å². The maximum Gasteiger partial charge on any atom is 0.251 e. The highest BCUT2D eigenvalue weighted by atomic mass is 79.9. The topological polar surface area (TPSA) is 40.6 Å². The molecular formula is C15H17BrN2O2. The monoisotopic (exact) mass is 336 g/mol. The molecule has 2 fully saturated rings. The van der Waals surface area contributed by atoms with Gasteiger partial charge in [0.25, 0.3) is 5.91 Å². The Balaban J connectivity index is 1.83. The number of carbonyl (C=O) groups is 2. The van der Waals surface area contributed by atoms with Gasteiger partial charge in [0.15, 0.2) is 0 Å². The lowest BCUT2D eigenvalue weighted by molar-refractivity contribution is -0.123. The molecule has 106 valence electrons. The first-order chi connectivity index (χ1) is 9.66. The third kappa shape index (κ3) is 2.52. The van der Waals surface area contributed by atoms with Gasteiger partial charge in [-0.15, -0.1) is 0 Å². The predicted molar refractivity (Wildman–Crippen MR) is 80.5 cm³/mol. The highest BCUT2D eigenvalue weighted by Crippen LogP contribution is 2.28. The molecule has 20 heavy (non-hydrogen) atoms. The minimum atomic E-state index is -0.262. The van der Waals surface area contributed by atoms with E-state index < -0.39 is 0 Å². The van der Waals surface area contributed by atoms with Crippen molar-refractivity contribution in [2.24, 2.45) is 0 Å². The fourth-order valence-corrected chi connectivity index (χ4v) is 3.40. The van der Waals surface area contributed by atoms with Gasteiger partial charge in [-0.25, -0.2) is 4.90 Å². The van der Waals surface area contributed by atoms with Gasteiger partial charge in [-0.1, -0.05) is 28.4 Å². The molecule has 0 aromatic heterocycles. The van der Waals surface area contributed by atoms with E-state index in [2.05, 4.69) is 20.8 Å². The summed E-state index contributed by atoms with van der Waals surface area (Å²) in [6.07, 6.45) is 3.77. The van der Waals surface area contributed by atoms with E-state index in [1.165, 1.54) is 11.3 Å². The number of likely N-dealkylation sites (tertiary alicyclic amines) is 1. The number of nitrogens with zero attached hydrogens (tertiary/aromatic N) is 2. The van der Waals surface area contributed by atoms with Crippen LogP contribution < -0.4 is 4.90 Å². The van der Waals surface area contributed by atoms with E-state index in [1.807, 2.05) is 18.2 Å². The molecule has 2 aliphatic heterocycles. The summed E-state index contributed by atoms with van der Waals surface area (Å²) in [6, 6.07) is 7.08. The summed E-state index contributed by atoms with van der Waals surface area (Å²) in [5.74, 6) is -0.168. The Morgan fingerprint density at radius 3 is 2.55 bits per heavy atom. The molecule has 0 spiro atoms. The van der Waals surface area contributed by atoms with Crippen molar-refractivity contribution >= 4 is 33.4 Å². The van der Waals surface area contributed by atoms with Gasteiger partial charge in [0.05, 0.1) is 18.2 Å². The summed E-state index contributed by atoms with van der Waals surface area (Å²) < 4.78 is 0.872. The Morgan fingerprint density at radius 1 is 1.10 bits per heavy atom. The van der Waals surface area contributed by atoms with Crippen LogP contribution in [-0.4, -0.2) is 35.8 Å². The van der Waals surface area contributed by atoms with Gasteiger partial charge in [-0.2, -0.15) is 0 Å². The van der Waals surface area contributed by atoms with Crippen molar-refractivity contribution in [1.82, 2.24) is 4.90 Å². The first-order valence-electron chi connectivity index (χ1n) is 7.03. The van der Waals surface area contributed by atoms with Crippen LogP contribution in [0.2, 0.25) is 0 Å². The van der Waals surface area contributed by atoms with E-state index in [4.69, 9.17) is 0 Å². The smallest absolute Gasteiger partial charge is 0.251 e. The Kier molecular flexibility index (Phi) is 3.89. The molecule has 2 amide bonds. The first kappa shape index (κ1) is 13.8. The maximum absolute atomic E-state index is 12.6. The van der Waals surface area contributed by atoms with Crippen molar-refractivity contribution in [3.05, 3.63) is 28.7 Å². The third-order valence-corrected chi connectivity index (χ3v) is 4.51. The van der Waals surface area contributed by atoms with Crippen molar-refractivity contribution < 1.29 is 9.59 Å². The van der Waals surface area contributed by atoms with Gasteiger partial charge in [-0.3, -0.25) is 14.5 Å². The summed E-state index contributed by atoms with van der Waals surface area (Å²) in [7, 11) is 0. The summed E-state index contributed by atoms with van der Waals surface area (Å²) in [5, 5.41) is 0. The van der Waals surface area contributed by atoms with Gasteiger partial charge < -0.3 is 0 Å². The SMILES string of the molecule is O=C1CC(N2CCCCC2)C(=O)N1c1cccc(Br)c1. The number of piperidine rings is 1. The lowest BCUT2D eigenvalue weighted by atomic mass is 10.1. The molecule has 0 saturated carbocycles. The van der Waals surface area contributed by atoms with Crippen LogP contribution in [0.5, 0.6) is 0 Å². The van der Waals surface area contributed by atoms with Crippen LogP contribution in [0.4, 0.5) is 5.69 Å². The number of rotatable bonds is 2. The zero-order chi connectivity index (χ0) is 14.1. The molecule has 1 aromatic carbocycles. The fourth-order valence-electron chi connectivity index (χ4n) is 3.02. The van der Waals surface area contributed by atoms with Gasteiger partial charge in [0.1, 0.15) is 0 Å². The number of hydrogen-bond acceptors (Lipinski definition) is 3. The molecule has 2 aliphatic rings. The maximum atomic E-state index is 12.6. The normalized spacial score (nSPS) is 24.4. The van der Waals surface area contributed by atoms with Crippen LogP contribution >= 0.6 is 15.9 Å². The third-order valence-electron chi connectivity index (χ3n) is 4.02. The number of carbonyl (C=O) groups excluding carboxylic acids is 2. The molecule has 0 bridgehead atoms. The molecule has 1 atom stereocenters. The van der Waals surface area contributed by atoms with Crippen LogP contribution in [0.15, 0.2) is 28.7 Å². The van der Waals surface area contributed by atoms with Gasteiger partial charge in [-0.05, 0) is 44.1 Å². The summed E-state index contributed by atoms with van der Waals surface area (Å²) in [4.78, 5) is 28.3. The molecule has 0 aliphatic carbocycles.